The Bertz CT molecular complexity index is 986. The first-order valence-electron chi connectivity index (χ1n) is 9.28. The van der Waals surface area contributed by atoms with Crippen LogP contribution in [0, 0.1) is 0 Å². The standard InChI is InChI=1S/C21H22N6/c1-2-3-6-18-13-14-22-27(18)15-16-9-11-17(12-10-16)19-7-4-5-8-20(19)21-23-25-26-24-21/h4-5,7-14H,2-3,6,15H2,1H3,(H,23,24,25,26). The summed E-state index contributed by atoms with van der Waals surface area (Å²) in [5.74, 6) is 0.604. The molecule has 0 fully saturated rings. The molecule has 4 aromatic rings. The molecule has 0 bridgehead atoms. The van der Waals surface area contributed by atoms with Crippen molar-refractivity contribution >= 4 is 0 Å². The van der Waals surface area contributed by atoms with E-state index in [1.807, 2.05) is 24.4 Å². The van der Waals surface area contributed by atoms with Crippen LogP contribution in [0.3, 0.4) is 0 Å². The molecular formula is C21H22N6. The molecule has 136 valence electrons. The van der Waals surface area contributed by atoms with Crippen LogP contribution in [0.2, 0.25) is 0 Å². The number of aromatic amines is 1. The Kier molecular flexibility index (Phi) is 5.05. The molecule has 1 N–H and O–H groups in total. The number of benzene rings is 2. The third kappa shape index (κ3) is 3.79. The number of aryl methyl sites for hydroxylation is 1. The molecular weight excluding hydrogens is 336 g/mol. The van der Waals surface area contributed by atoms with Crippen molar-refractivity contribution in [1.29, 1.82) is 0 Å². The Labute approximate surface area is 158 Å². The van der Waals surface area contributed by atoms with Crippen LogP contribution in [0.5, 0.6) is 0 Å². The molecule has 0 aliphatic rings. The van der Waals surface area contributed by atoms with Crippen LogP contribution in [0.25, 0.3) is 22.5 Å². The lowest BCUT2D eigenvalue weighted by atomic mass is 9.98. The van der Waals surface area contributed by atoms with E-state index in [1.165, 1.54) is 24.1 Å². The second-order valence-electron chi connectivity index (χ2n) is 6.56. The smallest absolute Gasteiger partial charge is 0.205 e. The monoisotopic (exact) mass is 358 g/mol. The van der Waals surface area contributed by atoms with E-state index in [0.717, 1.165) is 29.7 Å². The van der Waals surface area contributed by atoms with Crippen molar-refractivity contribution in [2.45, 2.75) is 32.7 Å². The van der Waals surface area contributed by atoms with Crippen LogP contribution in [0.1, 0.15) is 31.0 Å². The molecule has 0 atom stereocenters. The lowest BCUT2D eigenvalue weighted by Crippen LogP contribution is -2.06. The quantitative estimate of drug-likeness (QED) is 0.539. The average Bonchev–Trinajstić information content (AvgIpc) is 3.39. The molecule has 0 radical (unpaired) electrons. The third-order valence-corrected chi connectivity index (χ3v) is 4.70. The van der Waals surface area contributed by atoms with E-state index in [1.54, 1.807) is 0 Å². The summed E-state index contributed by atoms with van der Waals surface area (Å²) in [6, 6.07) is 18.8. The van der Waals surface area contributed by atoms with E-state index in [0.29, 0.717) is 5.82 Å². The molecule has 6 heteroatoms. The van der Waals surface area contributed by atoms with E-state index in [-0.39, 0.29) is 0 Å². The lowest BCUT2D eigenvalue weighted by molar-refractivity contribution is 0.627. The highest BCUT2D eigenvalue weighted by Crippen LogP contribution is 2.29. The summed E-state index contributed by atoms with van der Waals surface area (Å²) in [7, 11) is 0. The van der Waals surface area contributed by atoms with Gasteiger partial charge in [-0.15, -0.1) is 10.2 Å². The minimum Gasteiger partial charge on any atom is -0.265 e. The number of rotatable bonds is 7. The van der Waals surface area contributed by atoms with Crippen LogP contribution in [0.4, 0.5) is 0 Å². The van der Waals surface area contributed by atoms with Crippen molar-refractivity contribution in [3.8, 4) is 22.5 Å². The molecule has 2 aromatic heterocycles. The first-order chi connectivity index (χ1) is 13.3. The third-order valence-electron chi connectivity index (χ3n) is 4.70. The molecule has 0 aliphatic heterocycles. The summed E-state index contributed by atoms with van der Waals surface area (Å²) >= 11 is 0. The SMILES string of the molecule is CCCCc1ccnn1Cc1ccc(-c2ccccc2-c2nn[nH]n2)cc1. The van der Waals surface area contributed by atoms with Gasteiger partial charge in [-0.2, -0.15) is 10.3 Å². The first kappa shape index (κ1) is 17.1. The summed E-state index contributed by atoms with van der Waals surface area (Å²) in [4.78, 5) is 0. The minimum atomic E-state index is 0.604. The highest BCUT2D eigenvalue weighted by molar-refractivity contribution is 5.80. The van der Waals surface area contributed by atoms with Gasteiger partial charge in [0.1, 0.15) is 0 Å². The van der Waals surface area contributed by atoms with Crippen LogP contribution in [-0.2, 0) is 13.0 Å². The summed E-state index contributed by atoms with van der Waals surface area (Å²) < 4.78 is 2.10. The van der Waals surface area contributed by atoms with Gasteiger partial charge in [0.25, 0.3) is 0 Å². The van der Waals surface area contributed by atoms with Gasteiger partial charge in [0.15, 0.2) is 0 Å². The Morgan fingerprint density at radius 3 is 2.52 bits per heavy atom. The van der Waals surface area contributed by atoms with Crippen molar-refractivity contribution < 1.29 is 0 Å². The number of H-pyrrole nitrogens is 1. The maximum Gasteiger partial charge on any atom is 0.205 e. The van der Waals surface area contributed by atoms with Crippen molar-refractivity contribution in [2.24, 2.45) is 0 Å². The first-order valence-corrected chi connectivity index (χ1v) is 9.28. The van der Waals surface area contributed by atoms with Crippen molar-refractivity contribution in [3.63, 3.8) is 0 Å². The van der Waals surface area contributed by atoms with E-state index in [9.17, 15) is 0 Å². The maximum atomic E-state index is 4.48. The average molecular weight is 358 g/mol. The van der Waals surface area contributed by atoms with E-state index < -0.39 is 0 Å². The zero-order valence-corrected chi connectivity index (χ0v) is 15.3. The molecule has 6 nitrogen and oxygen atoms in total. The largest absolute Gasteiger partial charge is 0.265 e. The highest BCUT2D eigenvalue weighted by Gasteiger charge is 2.10. The van der Waals surface area contributed by atoms with E-state index in [2.05, 4.69) is 73.7 Å². The van der Waals surface area contributed by atoms with Gasteiger partial charge >= 0.3 is 0 Å². The van der Waals surface area contributed by atoms with Gasteiger partial charge in [0.2, 0.25) is 5.82 Å². The minimum absolute atomic E-state index is 0.604. The van der Waals surface area contributed by atoms with E-state index >= 15 is 0 Å². The normalized spacial score (nSPS) is 11.0. The van der Waals surface area contributed by atoms with Crippen LogP contribution >= 0.6 is 0 Å². The number of hydrogen-bond donors (Lipinski definition) is 1. The molecule has 0 saturated heterocycles. The van der Waals surface area contributed by atoms with Crippen molar-refractivity contribution in [2.75, 3.05) is 0 Å². The van der Waals surface area contributed by atoms with Crippen molar-refractivity contribution in [1.82, 2.24) is 30.4 Å². The number of nitrogens with one attached hydrogen (secondary N) is 1. The topological polar surface area (TPSA) is 72.3 Å². The second-order valence-corrected chi connectivity index (χ2v) is 6.56. The zero-order chi connectivity index (χ0) is 18.5. The number of hydrogen-bond acceptors (Lipinski definition) is 4. The van der Waals surface area contributed by atoms with Gasteiger partial charge in [-0.25, -0.2) is 0 Å². The summed E-state index contributed by atoms with van der Waals surface area (Å²) in [6.45, 7) is 3.00. The number of tetrazole rings is 1. The van der Waals surface area contributed by atoms with Crippen LogP contribution in [0.15, 0.2) is 60.8 Å². The Morgan fingerprint density at radius 2 is 1.78 bits per heavy atom. The van der Waals surface area contributed by atoms with Crippen LogP contribution < -0.4 is 0 Å². The molecule has 0 aliphatic carbocycles. The molecule has 0 spiro atoms. The molecule has 0 unspecified atom stereocenters. The molecule has 2 heterocycles. The predicted molar refractivity (Wildman–Crippen MR) is 105 cm³/mol. The fraction of sp³-hybridized carbons (Fsp3) is 0.238. The van der Waals surface area contributed by atoms with Gasteiger partial charge in [-0.1, -0.05) is 61.9 Å². The molecule has 4 rings (SSSR count). The van der Waals surface area contributed by atoms with Gasteiger partial charge in [-0.3, -0.25) is 4.68 Å². The fourth-order valence-corrected chi connectivity index (χ4v) is 3.24. The van der Waals surface area contributed by atoms with Gasteiger partial charge < -0.3 is 0 Å². The fourth-order valence-electron chi connectivity index (χ4n) is 3.24. The summed E-state index contributed by atoms with van der Waals surface area (Å²) in [6.07, 6.45) is 5.35. The summed E-state index contributed by atoms with van der Waals surface area (Å²) in [5, 5.41) is 18.9. The number of nitrogens with zero attached hydrogens (tertiary/aromatic N) is 5. The Balaban J connectivity index is 1.57. The molecule has 2 aromatic carbocycles. The highest BCUT2D eigenvalue weighted by atomic mass is 15.5. The second kappa shape index (κ2) is 7.95. The Hall–Kier alpha value is -3.28. The van der Waals surface area contributed by atoms with Gasteiger partial charge in [0, 0.05) is 17.5 Å². The molecule has 0 amide bonds. The van der Waals surface area contributed by atoms with Crippen molar-refractivity contribution in [3.05, 3.63) is 72.1 Å². The maximum absolute atomic E-state index is 4.48. The lowest BCUT2D eigenvalue weighted by Gasteiger charge is -2.10. The Morgan fingerprint density at radius 1 is 0.963 bits per heavy atom. The van der Waals surface area contributed by atoms with Gasteiger partial charge in [0.05, 0.1) is 6.54 Å². The molecule has 0 saturated carbocycles. The van der Waals surface area contributed by atoms with Crippen LogP contribution in [-0.4, -0.2) is 30.4 Å². The number of aromatic nitrogens is 6. The number of unbranched alkanes of at least 4 members (excludes halogenated alkanes) is 1. The van der Waals surface area contributed by atoms with Gasteiger partial charge in [-0.05, 0) is 40.8 Å². The molecule has 27 heavy (non-hydrogen) atoms. The van der Waals surface area contributed by atoms with E-state index in [4.69, 9.17) is 0 Å². The zero-order valence-electron chi connectivity index (χ0n) is 15.3. The summed E-state index contributed by atoms with van der Waals surface area (Å²) in [5.41, 5.74) is 5.72. The predicted octanol–water partition coefficient (Wildman–Crippen LogP) is 4.12.